The number of hydrogen-bond acceptors (Lipinski definition) is 3. The van der Waals surface area contributed by atoms with E-state index in [2.05, 4.69) is 0 Å². The highest BCUT2D eigenvalue weighted by Crippen LogP contribution is 2.21. The van der Waals surface area contributed by atoms with Gasteiger partial charge in [-0.05, 0) is 18.2 Å². The zero-order valence-corrected chi connectivity index (χ0v) is 10.4. The normalized spacial score (nSPS) is 9.95. The summed E-state index contributed by atoms with van der Waals surface area (Å²) in [4.78, 5) is 23.6. The number of carbonyl (C=O) groups excluding carboxylic acids is 2. The summed E-state index contributed by atoms with van der Waals surface area (Å²) in [6.45, 7) is 0. The van der Waals surface area contributed by atoms with Gasteiger partial charge in [-0.1, -0.05) is 30.3 Å². The number of primary amides is 1. The number of nitrogens with two attached hydrogens (primary N) is 1. The first-order valence-corrected chi connectivity index (χ1v) is 5.71. The highest BCUT2D eigenvalue weighted by atomic mass is 16.5. The molecule has 0 fully saturated rings. The van der Waals surface area contributed by atoms with Crippen molar-refractivity contribution in [3.8, 4) is 5.75 Å². The molecule has 0 heterocycles. The van der Waals surface area contributed by atoms with Crippen molar-refractivity contribution in [1.29, 1.82) is 0 Å². The fourth-order valence-electron chi connectivity index (χ4n) is 1.80. The molecule has 0 aliphatic carbocycles. The second-order valence-electron chi connectivity index (χ2n) is 3.97. The molecule has 0 aromatic heterocycles. The molecule has 0 aliphatic heterocycles. The molecule has 96 valence electrons. The van der Waals surface area contributed by atoms with Crippen molar-refractivity contribution in [3.63, 3.8) is 0 Å². The van der Waals surface area contributed by atoms with Crippen LogP contribution in [0.3, 0.4) is 0 Å². The molecular formula is C15H13NO3. The van der Waals surface area contributed by atoms with E-state index in [1.54, 1.807) is 36.4 Å². The number of methoxy groups -OCH3 is 1. The van der Waals surface area contributed by atoms with E-state index < -0.39 is 5.91 Å². The Morgan fingerprint density at radius 1 is 1.00 bits per heavy atom. The van der Waals surface area contributed by atoms with E-state index in [0.29, 0.717) is 16.9 Å². The third-order valence-electron chi connectivity index (χ3n) is 2.76. The summed E-state index contributed by atoms with van der Waals surface area (Å²) >= 11 is 0. The van der Waals surface area contributed by atoms with Crippen molar-refractivity contribution in [3.05, 3.63) is 65.2 Å². The van der Waals surface area contributed by atoms with Crippen molar-refractivity contribution in [2.75, 3.05) is 7.11 Å². The van der Waals surface area contributed by atoms with Crippen LogP contribution in [0.4, 0.5) is 0 Å². The Labute approximate surface area is 110 Å². The van der Waals surface area contributed by atoms with E-state index >= 15 is 0 Å². The summed E-state index contributed by atoms with van der Waals surface area (Å²) in [7, 11) is 1.44. The Kier molecular flexibility index (Phi) is 3.61. The van der Waals surface area contributed by atoms with Gasteiger partial charge in [-0.3, -0.25) is 9.59 Å². The van der Waals surface area contributed by atoms with E-state index in [4.69, 9.17) is 10.5 Å². The lowest BCUT2D eigenvalue weighted by Crippen LogP contribution is -2.14. The topological polar surface area (TPSA) is 69.4 Å². The Balaban J connectivity index is 2.44. The van der Waals surface area contributed by atoms with Crippen LogP contribution in [0.5, 0.6) is 5.75 Å². The van der Waals surface area contributed by atoms with Crippen LogP contribution in [0, 0.1) is 0 Å². The molecule has 1 amide bonds. The van der Waals surface area contributed by atoms with Crippen LogP contribution in [0.15, 0.2) is 48.5 Å². The lowest BCUT2D eigenvalue weighted by atomic mass is 10.0. The van der Waals surface area contributed by atoms with Gasteiger partial charge in [0.25, 0.3) is 5.91 Å². The minimum absolute atomic E-state index is 0.161. The van der Waals surface area contributed by atoms with E-state index in [0.717, 1.165) is 0 Å². The smallest absolute Gasteiger partial charge is 0.252 e. The van der Waals surface area contributed by atoms with Crippen molar-refractivity contribution >= 4 is 11.7 Å². The van der Waals surface area contributed by atoms with Crippen LogP contribution >= 0.6 is 0 Å². The fraction of sp³-hybridized carbons (Fsp3) is 0.0667. The molecule has 19 heavy (non-hydrogen) atoms. The standard InChI is InChI=1S/C15H13NO3/c1-19-13-8-7-11(9-12(13)15(16)18)14(17)10-5-3-2-4-6-10/h2-9H,1H3,(H2,16,18). The maximum Gasteiger partial charge on any atom is 0.252 e. The summed E-state index contributed by atoms with van der Waals surface area (Å²) < 4.78 is 5.03. The summed E-state index contributed by atoms with van der Waals surface area (Å²) in [5, 5.41) is 0. The van der Waals surface area contributed by atoms with Gasteiger partial charge in [-0.25, -0.2) is 0 Å². The molecule has 2 rings (SSSR count). The van der Waals surface area contributed by atoms with Crippen LogP contribution in [-0.2, 0) is 0 Å². The van der Waals surface area contributed by atoms with Gasteiger partial charge in [-0.15, -0.1) is 0 Å². The van der Waals surface area contributed by atoms with E-state index in [1.807, 2.05) is 6.07 Å². The van der Waals surface area contributed by atoms with Crippen LogP contribution in [-0.4, -0.2) is 18.8 Å². The maximum atomic E-state index is 12.2. The molecule has 0 saturated carbocycles. The highest BCUT2D eigenvalue weighted by Gasteiger charge is 2.14. The monoisotopic (exact) mass is 255 g/mol. The zero-order valence-electron chi connectivity index (χ0n) is 10.4. The van der Waals surface area contributed by atoms with Crippen molar-refractivity contribution < 1.29 is 14.3 Å². The number of hydrogen-bond donors (Lipinski definition) is 1. The molecule has 2 aromatic carbocycles. The Morgan fingerprint density at radius 2 is 1.68 bits per heavy atom. The largest absolute Gasteiger partial charge is 0.496 e. The number of rotatable bonds is 4. The lowest BCUT2D eigenvalue weighted by Gasteiger charge is -2.07. The molecule has 4 nitrogen and oxygen atoms in total. The molecule has 0 spiro atoms. The second kappa shape index (κ2) is 5.35. The SMILES string of the molecule is COc1ccc(C(=O)c2ccccc2)cc1C(N)=O. The third kappa shape index (κ3) is 2.63. The van der Waals surface area contributed by atoms with Gasteiger partial charge in [0, 0.05) is 11.1 Å². The molecule has 4 heteroatoms. The number of benzene rings is 2. The highest BCUT2D eigenvalue weighted by molar-refractivity contribution is 6.10. The van der Waals surface area contributed by atoms with Gasteiger partial charge in [0.05, 0.1) is 12.7 Å². The minimum Gasteiger partial charge on any atom is -0.496 e. The summed E-state index contributed by atoms with van der Waals surface area (Å²) in [6, 6.07) is 13.5. The van der Waals surface area contributed by atoms with Crippen LogP contribution < -0.4 is 10.5 Å². The quantitative estimate of drug-likeness (QED) is 0.850. The van der Waals surface area contributed by atoms with Crippen LogP contribution in [0.25, 0.3) is 0 Å². The number of amides is 1. The van der Waals surface area contributed by atoms with Gasteiger partial charge in [0.2, 0.25) is 0 Å². The number of carbonyl (C=O) groups is 2. The van der Waals surface area contributed by atoms with Crippen LogP contribution in [0.2, 0.25) is 0 Å². The molecule has 2 aromatic rings. The molecule has 0 saturated heterocycles. The molecule has 0 aliphatic rings. The lowest BCUT2D eigenvalue weighted by molar-refractivity contribution is 0.0997. The van der Waals surface area contributed by atoms with Crippen LogP contribution in [0.1, 0.15) is 26.3 Å². The van der Waals surface area contributed by atoms with Crippen molar-refractivity contribution in [2.24, 2.45) is 5.73 Å². The first-order chi connectivity index (χ1) is 9.13. The van der Waals surface area contributed by atoms with Gasteiger partial charge in [0.15, 0.2) is 5.78 Å². The predicted octanol–water partition coefficient (Wildman–Crippen LogP) is 2.03. The summed E-state index contributed by atoms with van der Waals surface area (Å²) in [6.07, 6.45) is 0. The minimum atomic E-state index is -0.625. The number of ketones is 1. The van der Waals surface area contributed by atoms with E-state index in [-0.39, 0.29) is 11.3 Å². The van der Waals surface area contributed by atoms with Gasteiger partial charge >= 0.3 is 0 Å². The van der Waals surface area contributed by atoms with E-state index in [1.165, 1.54) is 13.2 Å². The molecule has 0 radical (unpaired) electrons. The van der Waals surface area contributed by atoms with Gasteiger partial charge in [-0.2, -0.15) is 0 Å². The molecule has 0 bridgehead atoms. The molecule has 0 atom stereocenters. The molecule has 2 N–H and O–H groups in total. The molecule has 0 unspecified atom stereocenters. The third-order valence-corrected chi connectivity index (χ3v) is 2.76. The summed E-state index contributed by atoms with van der Waals surface area (Å²) in [5.41, 5.74) is 6.43. The van der Waals surface area contributed by atoms with E-state index in [9.17, 15) is 9.59 Å². The fourth-order valence-corrected chi connectivity index (χ4v) is 1.80. The summed E-state index contributed by atoms with van der Waals surface area (Å²) in [5.74, 6) is -0.428. The predicted molar refractivity (Wildman–Crippen MR) is 71.4 cm³/mol. The van der Waals surface area contributed by atoms with Gasteiger partial charge in [0.1, 0.15) is 5.75 Å². The number of ether oxygens (including phenoxy) is 1. The first-order valence-electron chi connectivity index (χ1n) is 5.71. The maximum absolute atomic E-state index is 12.2. The second-order valence-corrected chi connectivity index (χ2v) is 3.97. The Hall–Kier alpha value is -2.62. The Bertz CT molecular complexity index is 621. The zero-order chi connectivity index (χ0) is 13.8. The van der Waals surface area contributed by atoms with Gasteiger partial charge < -0.3 is 10.5 Å². The van der Waals surface area contributed by atoms with Crippen molar-refractivity contribution in [2.45, 2.75) is 0 Å². The average Bonchev–Trinajstić information content (AvgIpc) is 2.46. The first kappa shape index (κ1) is 12.8. The molecular weight excluding hydrogens is 242 g/mol. The van der Waals surface area contributed by atoms with Crippen molar-refractivity contribution in [1.82, 2.24) is 0 Å². The average molecular weight is 255 g/mol. The Morgan fingerprint density at radius 3 is 2.26 bits per heavy atom.